The monoisotopic (exact) mass is 118 g/mol. The maximum atomic E-state index is 10.7. The Morgan fingerprint density at radius 3 is 3.00 bits per heavy atom. The minimum absolute atomic E-state index is 0.194. The van der Waals surface area contributed by atoms with Crippen molar-refractivity contribution in [2.75, 3.05) is 0 Å². The molecule has 0 bridgehead atoms. The first-order chi connectivity index (χ1) is 4.34. The van der Waals surface area contributed by atoms with Crippen molar-refractivity contribution in [1.29, 1.82) is 0 Å². The predicted molar refractivity (Wildman–Crippen MR) is 35.7 cm³/mol. The average molecular weight is 118 g/mol. The molecule has 0 atom stereocenters. The van der Waals surface area contributed by atoms with Gasteiger partial charge >= 0.3 is 0 Å². The molecule has 0 spiro atoms. The molecule has 1 heteroatoms. The van der Waals surface area contributed by atoms with Crippen molar-refractivity contribution in [2.24, 2.45) is 0 Å². The summed E-state index contributed by atoms with van der Waals surface area (Å²) in [5, 5.41) is 0. The van der Waals surface area contributed by atoms with Crippen molar-refractivity contribution in [3.63, 3.8) is 0 Å². The highest BCUT2D eigenvalue weighted by molar-refractivity contribution is 6.08. The van der Waals surface area contributed by atoms with E-state index in [0.29, 0.717) is 6.42 Å². The van der Waals surface area contributed by atoms with Crippen LogP contribution in [0.4, 0.5) is 0 Å². The first-order valence-electron chi connectivity index (χ1n) is 2.71. The molecule has 0 N–H and O–H groups in total. The highest BCUT2D eigenvalue weighted by atomic mass is 16.1. The van der Waals surface area contributed by atoms with Crippen molar-refractivity contribution in [2.45, 2.75) is 6.42 Å². The predicted octanol–water partition coefficient (Wildman–Crippen LogP) is 1.07. The van der Waals surface area contributed by atoms with E-state index in [2.05, 4.69) is 5.92 Å². The van der Waals surface area contributed by atoms with Crippen LogP contribution in [0.5, 0.6) is 0 Å². The Labute approximate surface area is 54.1 Å². The second kappa shape index (κ2) is 2.32. The van der Waals surface area contributed by atoms with Crippen LogP contribution < -0.4 is 0 Å². The Morgan fingerprint density at radius 1 is 1.78 bits per heavy atom. The first-order valence-corrected chi connectivity index (χ1v) is 2.71. The summed E-state index contributed by atoms with van der Waals surface area (Å²) in [5.74, 6) is 1.87. The van der Waals surface area contributed by atoms with Crippen molar-refractivity contribution in [3.05, 3.63) is 23.8 Å². The lowest BCUT2D eigenvalue weighted by Gasteiger charge is -1.87. The third kappa shape index (κ3) is 1.09. The van der Waals surface area contributed by atoms with E-state index < -0.39 is 0 Å². The fraction of sp³-hybridized carbons (Fsp3) is 0.125. The van der Waals surface area contributed by atoms with Crippen molar-refractivity contribution < 1.29 is 4.79 Å². The van der Waals surface area contributed by atoms with E-state index >= 15 is 0 Å². The minimum atomic E-state index is -0.194. The van der Waals surface area contributed by atoms with E-state index in [9.17, 15) is 4.79 Å². The molecule has 1 rings (SSSR count). The number of carbonyl (C=O) groups excluding carboxylic acids is 1. The quantitative estimate of drug-likeness (QED) is 0.372. The molecular formula is C8H6O. The fourth-order valence-corrected chi connectivity index (χ4v) is 0.708. The summed E-state index contributed by atoms with van der Waals surface area (Å²) >= 11 is 0. The van der Waals surface area contributed by atoms with Crippen LogP contribution in [0.3, 0.4) is 0 Å². The SMILES string of the molecule is C#CC(=O)C1=CC=CC1. The van der Waals surface area contributed by atoms with Crippen LogP contribution in [-0.2, 0) is 4.79 Å². The number of hydrogen-bond donors (Lipinski definition) is 0. The van der Waals surface area contributed by atoms with Gasteiger partial charge < -0.3 is 0 Å². The molecule has 1 aliphatic carbocycles. The number of ketones is 1. The van der Waals surface area contributed by atoms with Crippen molar-refractivity contribution in [1.82, 2.24) is 0 Å². The Morgan fingerprint density at radius 2 is 2.56 bits per heavy atom. The van der Waals surface area contributed by atoms with E-state index in [1.807, 2.05) is 12.2 Å². The molecule has 0 heterocycles. The van der Waals surface area contributed by atoms with Gasteiger partial charge in [0.2, 0.25) is 5.78 Å². The number of terminal acetylenes is 1. The number of rotatable bonds is 1. The van der Waals surface area contributed by atoms with Gasteiger partial charge in [-0.1, -0.05) is 18.2 Å². The maximum Gasteiger partial charge on any atom is 0.231 e. The molecule has 0 aliphatic heterocycles. The summed E-state index contributed by atoms with van der Waals surface area (Å²) < 4.78 is 0. The normalized spacial score (nSPS) is 14.8. The van der Waals surface area contributed by atoms with Crippen LogP contribution in [0, 0.1) is 12.3 Å². The molecule has 0 fully saturated rings. The largest absolute Gasteiger partial charge is 0.280 e. The summed E-state index contributed by atoms with van der Waals surface area (Å²) in [5.41, 5.74) is 0.720. The van der Waals surface area contributed by atoms with Crippen LogP contribution in [-0.4, -0.2) is 5.78 Å². The van der Waals surface area contributed by atoms with Crippen molar-refractivity contribution >= 4 is 5.78 Å². The molecule has 0 aromatic heterocycles. The van der Waals surface area contributed by atoms with Gasteiger partial charge in [0.25, 0.3) is 0 Å². The zero-order valence-corrected chi connectivity index (χ0v) is 4.92. The molecule has 1 nitrogen and oxygen atoms in total. The number of Topliss-reactive ketones (excluding diaryl/α,β-unsaturated/α-hetero) is 1. The molecule has 1 aliphatic rings. The second-order valence-corrected chi connectivity index (χ2v) is 1.80. The molecule has 0 unspecified atom stereocenters. The Hall–Kier alpha value is -1.29. The molecule has 9 heavy (non-hydrogen) atoms. The van der Waals surface area contributed by atoms with Crippen LogP contribution >= 0.6 is 0 Å². The lowest BCUT2D eigenvalue weighted by molar-refractivity contribution is -0.110. The summed E-state index contributed by atoms with van der Waals surface area (Å²) in [7, 11) is 0. The topological polar surface area (TPSA) is 17.1 Å². The van der Waals surface area contributed by atoms with Crippen LogP contribution in [0.1, 0.15) is 6.42 Å². The fourth-order valence-electron chi connectivity index (χ4n) is 0.708. The highest BCUT2D eigenvalue weighted by Gasteiger charge is 2.05. The van der Waals surface area contributed by atoms with Gasteiger partial charge in [0.05, 0.1) is 0 Å². The summed E-state index contributed by atoms with van der Waals surface area (Å²) in [4.78, 5) is 10.7. The lowest BCUT2D eigenvalue weighted by atomic mass is 10.1. The molecule has 0 radical (unpaired) electrons. The number of hydrogen-bond acceptors (Lipinski definition) is 1. The Kier molecular flexibility index (Phi) is 1.51. The van der Waals surface area contributed by atoms with E-state index in [4.69, 9.17) is 6.42 Å². The standard InChI is InChI=1S/C8H6O/c1-2-8(9)7-5-3-4-6-7/h1,3-5H,6H2. The molecule has 44 valence electrons. The molecule has 0 saturated carbocycles. The lowest BCUT2D eigenvalue weighted by Crippen LogP contribution is -1.94. The van der Waals surface area contributed by atoms with E-state index in [0.717, 1.165) is 5.57 Å². The second-order valence-electron chi connectivity index (χ2n) is 1.80. The first kappa shape index (κ1) is 5.84. The number of allylic oxidation sites excluding steroid dienone is 4. The number of carbonyl (C=O) groups is 1. The molecule has 0 aromatic carbocycles. The molecule has 0 amide bonds. The molecular weight excluding hydrogens is 112 g/mol. The van der Waals surface area contributed by atoms with Crippen molar-refractivity contribution in [3.8, 4) is 12.3 Å². The average Bonchev–Trinajstić information content (AvgIpc) is 2.37. The molecule has 0 saturated heterocycles. The zero-order chi connectivity index (χ0) is 6.69. The van der Waals surface area contributed by atoms with Gasteiger partial charge in [-0.2, -0.15) is 0 Å². The van der Waals surface area contributed by atoms with Gasteiger partial charge in [-0.05, 0) is 12.3 Å². The van der Waals surface area contributed by atoms with Gasteiger partial charge in [0.15, 0.2) is 0 Å². The van der Waals surface area contributed by atoms with Crippen LogP contribution in [0.15, 0.2) is 23.8 Å². The van der Waals surface area contributed by atoms with E-state index in [-0.39, 0.29) is 5.78 Å². The van der Waals surface area contributed by atoms with Crippen LogP contribution in [0.25, 0.3) is 0 Å². The summed E-state index contributed by atoms with van der Waals surface area (Å²) in [6.45, 7) is 0. The smallest absolute Gasteiger partial charge is 0.231 e. The molecule has 0 aromatic rings. The minimum Gasteiger partial charge on any atom is -0.280 e. The Balaban J connectivity index is 2.69. The maximum absolute atomic E-state index is 10.7. The van der Waals surface area contributed by atoms with Gasteiger partial charge in [-0.3, -0.25) is 4.79 Å². The summed E-state index contributed by atoms with van der Waals surface area (Å²) in [6, 6.07) is 0. The highest BCUT2D eigenvalue weighted by Crippen LogP contribution is 2.09. The van der Waals surface area contributed by atoms with Gasteiger partial charge in [-0.15, -0.1) is 6.42 Å². The third-order valence-corrected chi connectivity index (χ3v) is 1.19. The van der Waals surface area contributed by atoms with E-state index in [1.165, 1.54) is 0 Å². The van der Waals surface area contributed by atoms with Gasteiger partial charge in [0, 0.05) is 5.57 Å². The van der Waals surface area contributed by atoms with Gasteiger partial charge in [-0.25, -0.2) is 0 Å². The zero-order valence-electron chi connectivity index (χ0n) is 4.92. The Bertz CT molecular complexity index is 225. The summed E-state index contributed by atoms with van der Waals surface area (Å²) in [6.07, 6.45) is 11.1. The third-order valence-electron chi connectivity index (χ3n) is 1.19. The van der Waals surface area contributed by atoms with Crippen LogP contribution in [0.2, 0.25) is 0 Å². The van der Waals surface area contributed by atoms with Gasteiger partial charge in [0.1, 0.15) is 0 Å². The van der Waals surface area contributed by atoms with E-state index in [1.54, 1.807) is 6.08 Å².